The number of aromatic nitrogens is 1. The fourth-order valence-electron chi connectivity index (χ4n) is 1.28. The minimum Gasteiger partial charge on any atom is -0.352 e. The van der Waals surface area contributed by atoms with Gasteiger partial charge in [0, 0.05) is 14.1 Å². The van der Waals surface area contributed by atoms with Crippen LogP contribution in [-0.2, 0) is 4.79 Å². The standard InChI is InChI=1S/C11H12FN3OS/c1-15(2)10(16)6-13-11-14-8-4-3-7(12)5-9(8)17-11/h3-5H,6H2,1-2H3,(H,13,14). The van der Waals surface area contributed by atoms with Crippen molar-refractivity contribution in [3.8, 4) is 0 Å². The van der Waals surface area contributed by atoms with Gasteiger partial charge in [-0.1, -0.05) is 11.3 Å². The number of nitrogens with one attached hydrogen (secondary N) is 1. The van der Waals surface area contributed by atoms with E-state index in [0.29, 0.717) is 5.13 Å². The molecule has 17 heavy (non-hydrogen) atoms. The molecule has 1 heterocycles. The van der Waals surface area contributed by atoms with Crippen LogP contribution in [0.5, 0.6) is 0 Å². The number of rotatable bonds is 3. The predicted molar refractivity (Wildman–Crippen MR) is 66.8 cm³/mol. The Morgan fingerprint density at radius 2 is 2.29 bits per heavy atom. The zero-order valence-corrected chi connectivity index (χ0v) is 10.3. The van der Waals surface area contributed by atoms with Crippen LogP contribution in [0.3, 0.4) is 0 Å². The van der Waals surface area contributed by atoms with Crippen LogP contribution in [-0.4, -0.2) is 36.4 Å². The number of fused-ring (bicyclic) bond motifs is 1. The number of nitrogens with zero attached hydrogens (tertiary/aromatic N) is 2. The number of thiazole rings is 1. The van der Waals surface area contributed by atoms with Crippen molar-refractivity contribution >= 4 is 32.6 Å². The van der Waals surface area contributed by atoms with Crippen LogP contribution in [0.4, 0.5) is 9.52 Å². The van der Waals surface area contributed by atoms with Crippen molar-refractivity contribution in [2.75, 3.05) is 26.0 Å². The quantitative estimate of drug-likeness (QED) is 0.909. The number of carbonyl (C=O) groups is 1. The average Bonchev–Trinajstić information content (AvgIpc) is 2.67. The van der Waals surface area contributed by atoms with E-state index in [-0.39, 0.29) is 18.3 Å². The first-order valence-corrected chi connectivity index (χ1v) is 5.88. The lowest BCUT2D eigenvalue weighted by atomic mass is 10.3. The van der Waals surface area contributed by atoms with Gasteiger partial charge in [0.25, 0.3) is 0 Å². The third-order valence-electron chi connectivity index (χ3n) is 2.24. The second kappa shape index (κ2) is 4.67. The molecular weight excluding hydrogens is 241 g/mol. The molecule has 0 unspecified atom stereocenters. The summed E-state index contributed by atoms with van der Waals surface area (Å²) in [5.41, 5.74) is 0.733. The van der Waals surface area contributed by atoms with Crippen molar-refractivity contribution in [2.24, 2.45) is 0 Å². The van der Waals surface area contributed by atoms with Gasteiger partial charge < -0.3 is 10.2 Å². The molecule has 0 aliphatic carbocycles. The summed E-state index contributed by atoms with van der Waals surface area (Å²) in [6.45, 7) is 0.190. The molecule has 2 aromatic rings. The molecule has 0 fully saturated rings. The monoisotopic (exact) mass is 253 g/mol. The molecule has 1 N–H and O–H groups in total. The summed E-state index contributed by atoms with van der Waals surface area (Å²) in [5, 5.41) is 3.55. The molecule has 1 aromatic heterocycles. The topological polar surface area (TPSA) is 45.2 Å². The minimum atomic E-state index is -0.280. The first-order chi connectivity index (χ1) is 8.06. The number of carbonyl (C=O) groups excluding carboxylic acids is 1. The Bertz CT molecular complexity index is 553. The molecule has 2 rings (SSSR count). The number of hydrogen-bond donors (Lipinski definition) is 1. The van der Waals surface area contributed by atoms with Crippen molar-refractivity contribution < 1.29 is 9.18 Å². The van der Waals surface area contributed by atoms with Crippen LogP contribution in [0.15, 0.2) is 18.2 Å². The van der Waals surface area contributed by atoms with E-state index < -0.39 is 0 Å². The Labute approximate surface area is 102 Å². The summed E-state index contributed by atoms with van der Waals surface area (Å²) in [7, 11) is 3.38. The van der Waals surface area contributed by atoms with E-state index in [2.05, 4.69) is 10.3 Å². The molecule has 0 aliphatic heterocycles. The molecular formula is C11H12FN3OS. The highest BCUT2D eigenvalue weighted by atomic mass is 32.1. The van der Waals surface area contributed by atoms with Gasteiger partial charge in [0.05, 0.1) is 16.8 Å². The highest BCUT2D eigenvalue weighted by Crippen LogP contribution is 2.26. The van der Waals surface area contributed by atoms with Gasteiger partial charge in [0.1, 0.15) is 5.82 Å². The Balaban J connectivity index is 2.12. The van der Waals surface area contributed by atoms with E-state index in [1.807, 2.05) is 0 Å². The molecule has 1 aromatic carbocycles. The summed E-state index contributed by atoms with van der Waals surface area (Å²) in [6.07, 6.45) is 0. The summed E-state index contributed by atoms with van der Waals surface area (Å²) < 4.78 is 13.7. The van der Waals surface area contributed by atoms with Crippen molar-refractivity contribution in [3.05, 3.63) is 24.0 Å². The fourth-order valence-corrected chi connectivity index (χ4v) is 2.17. The summed E-state index contributed by atoms with van der Waals surface area (Å²) >= 11 is 1.33. The van der Waals surface area contributed by atoms with E-state index in [1.165, 1.54) is 28.4 Å². The van der Waals surface area contributed by atoms with E-state index in [4.69, 9.17) is 0 Å². The molecule has 0 aliphatic rings. The van der Waals surface area contributed by atoms with Gasteiger partial charge in [-0.15, -0.1) is 0 Å². The van der Waals surface area contributed by atoms with Crippen LogP contribution in [0.2, 0.25) is 0 Å². The van der Waals surface area contributed by atoms with Gasteiger partial charge >= 0.3 is 0 Å². The first kappa shape index (κ1) is 11.8. The van der Waals surface area contributed by atoms with Crippen LogP contribution in [0.1, 0.15) is 0 Å². The molecule has 0 spiro atoms. The number of anilines is 1. The van der Waals surface area contributed by atoms with Gasteiger partial charge in [-0.25, -0.2) is 9.37 Å². The Kier molecular flexibility index (Phi) is 3.23. The van der Waals surface area contributed by atoms with E-state index >= 15 is 0 Å². The third kappa shape index (κ3) is 2.71. The number of amides is 1. The number of hydrogen-bond acceptors (Lipinski definition) is 4. The molecule has 1 amide bonds. The molecule has 0 saturated heterocycles. The van der Waals surface area contributed by atoms with Gasteiger partial charge in [-0.05, 0) is 18.2 Å². The van der Waals surface area contributed by atoms with Crippen LogP contribution < -0.4 is 5.32 Å². The van der Waals surface area contributed by atoms with E-state index in [0.717, 1.165) is 10.2 Å². The number of halogens is 1. The molecule has 90 valence electrons. The number of benzene rings is 1. The third-order valence-corrected chi connectivity index (χ3v) is 3.22. The maximum absolute atomic E-state index is 13.0. The lowest BCUT2D eigenvalue weighted by Crippen LogP contribution is -2.28. The van der Waals surface area contributed by atoms with Crippen LogP contribution in [0, 0.1) is 5.82 Å². The van der Waals surface area contributed by atoms with Gasteiger partial charge in [0.2, 0.25) is 5.91 Å². The maximum atomic E-state index is 13.0. The second-order valence-electron chi connectivity index (χ2n) is 3.77. The lowest BCUT2D eigenvalue weighted by Gasteiger charge is -2.09. The van der Waals surface area contributed by atoms with E-state index in [1.54, 1.807) is 20.2 Å². The van der Waals surface area contributed by atoms with Crippen molar-refractivity contribution in [1.29, 1.82) is 0 Å². The predicted octanol–water partition coefficient (Wildman–Crippen LogP) is 1.94. The molecule has 0 atom stereocenters. The highest BCUT2D eigenvalue weighted by molar-refractivity contribution is 7.22. The normalized spacial score (nSPS) is 10.5. The molecule has 4 nitrogen and oxygen atoms in total. The summed E-state index contributed by atoms with van der Waals surface area (Å²) in [4.78, 5) is 17.1. The molecule has 6 heteroatoms. The Hall–Kier alpha value is -1.69. The Morgan fingerprint density at radius 3 is 3.00 bits per heavy atom. The van der Waals surface area contributed by atoms with Gasteiger partial charge in [-0.2, -0.15) is 0 Å². The van der Waals surface area contributed by atoms with Crippen molar-refractivity contribution in [3.63, 3.8) is 0 Å². The molecule has 0 saturated carbocycles. The minimum absolute atomic E-state index is 0.0320. The highest BCUT2D eigenvalue weighted by Gasteiger charge is 2.07. The zero-order valence-electron chi connectivity index (χ0n) is 9.53. The maximum Gasteiger partial charge on any atom is 0.241 e. The van der Waals surface area contributed by atoms with Crippen LogP contribution >= 0.6 is 11.3 Å². The summed E-state index contributed by atoms with van der Waals surface area (Å²) in [6, 6.07) is 4.43. The molecule has 0 radical (unpaired) electrons. The lowest BCUT2D eigenvalue weighted by molar-refractivity contribution is -0.126. The van der Waals surface area contributed by atoms with Crippen molar-refractivity contribution in [1.82, 2.24) is 9.88 Å². The number of likely N-dealkylation sites (N-methyl/N-ethyl adjacent to an activating group) is 1. The van der Waals surface area contributed by atoms with Crippen LogP contribution in [0.25, 0.3) is 10.2 Å². The largest absolute Gasteiger partial charge is 0.352 e. The SMILES string of the molecule is CN(C)C(=O)CNc1nc2ccc(F)cc2s1. The van der Waals surface area contributed by atoms with E-state index in [9.17, 15) is 9.18 Å². The molecule has 0 bridgehead atoms. The summed E-state index contributed by atoms with van der Waals surface area (Å²) in [5.74, 6) is -0.312. The average molecular weight is 253 g/mol. The van der Waals surface area contributed by atoms with Crippen molar-refractivity contribution in [2.45, 2.75) is 0 Å². The van der Waals surface area contributed by atoms with Gasteiger partial charge in [0.15, 0.2) is 5.13 Å². The second-order valence-corrected chi connectivity index (χ2v) is 4.80. The Morgan fingerprint density at radius 1 is 1.53 bits per heavy atom. The first-order valence-electron chi connectivity index (χ1n) is 5.06. The smallest absolute Gasteiger partial charge is 0.241 e. The van der Waals surface area contributed by atoms with Gasteiger partial charge in [-0.3, -0.25) is 4.79 Å². The zero-order chi connectivity index (χ0) is 12.4. The fraction of sp³-hybridized carbons (Fsp3) is 0.273.